The smallest absolute Gasteiger partial charge is 0.230 e. The fraction of sp³-hybridized carbons (Fsp3) is 0.393. The summed E-state index contributed by atoms with van der Waals surface area (Å²) in [5, 5.41) is 0. The van der Waals surface area contributed by atoms with Crippen LogP contribution in [0.1, 0.15) is 62.3 Å². The Morgan fingerprint density at radius 2 is 1.81 bits per heavy atom. The predicted octanol–water partition coefficient (Wildman–Crippen LogP) is 6.26. The summed E-state index contributed by atoms with van der Waals surface area (Å²) in [6.45, 7) is 6.48. The highest BCUT2D eigenvalue weighted by molar-refractivity contribution is 5.83. The molecular weight excluding hydrogens is 396 g/mol. The minimum Gasteiger partial charge on any atom is -0.497 e. The summed E-state index contributed by atoms with van der Waals surface area (Å²) in [5.41, 5.74) is 3.44. The highest BCUT2D eigenvalue weighted by atomic mass is 16.5. The van der Waals surface area contributed by atoms with Crippen LogP contribution in [-0.4, -0.2) is 29.0 Å². The summed E-state index contributed by atoms with van der Waals surface area (Å²) in [6.07, 6.45) is 6.21. The zero-order valence-corrected chi connectivity index (χ0v) is 19.7. The van der Waals surface area contributed by atoms with Crippen LogP contribution >= 0.6 is 0 Å². The molecule has 0 saturated heterocycles. The Balaban J connectivity index is 1.80. The molecule has 4 heteroatoms. The number of benzene rings is 2. The van der Waals surface area contributed by atoms with E-state index in [9.17, 15) is 4.79 Å². The molecule has 3 aromatic rings. The third kappa shape index (κ3) is 6.25. The van der Waals surface area contributed by atoms with Gasteiger partial charge in [0.1, 0.15) is 5.75 Å². The second-order valence-electron chi connectivity index (χ2n) is 8.32. The predicted molar refractivity (Wildman–Crippen MR) is 131 cm³/mol. The van der Waals surface area contributed by atoms with Crippen LogP contribution in [-0.2, 0) is 17.9 Å². The quantitative estimate of drug-likeness (QED) is 0.317. The van der Waals surface area contributed by atoms with Crippen LogP contribution in [0.5, 0.6) is 5.75 Å². The fourth-order valence-electron chi connectivity index (χ4n) is 4.19. The molecule has 0 aliphatic heterocycles. The van der Waals surface area contributed by atoms with Gasteiger partial charge in [0.05, 0.1) is 19.6 Å². The van der Waals surface area contributed by atoms with Crippen LogP contribution in [0.4, 0.5) is 0 Å². The molecule has 32 heavy (non-hydrogen) atoms. The van der Waals surface area contributed by atoms with Crippen LogP contribution in [0.25, 0.3) is 0 Å². The summed E-state index contributed by atoms with van der Waals surface area (Å²) in [5.74, 6) is 0.991. The first-order chi connectivity index (χ1) is 15.7. The average molecular weight is 433 g/mol. The summed E-state index contributed by atoms with van der Waals surface area (Å²) in [4.78, 5) is 15.7. The summed E-state index contributed by atoms with van der Waals surface area (Å²) < 4.78 is 7.61. The van der Waals surface area contributed by atoms with E-state index in [2.05, 4.69) is 65.9 Å². The molecule has 0 unspecified atom stereocenters. The number of nitrogens with zero attached hydrogens (tertiary/aromatic N) is 2. The van der Waals surface area contributed by atoms with Gasteiger partial charge in [-0.05, 0) is 48.2 Å². The third-order valence-electron chi connectivity index (χ3n) is 6.02. The van der Waals surface area contributed by atoms with E-state index in [0.717, 1.165) is 55.8 Å². The largest absolute Gasteiger partial charge is 0.497 e. The molecule has 0 radical (unpaired) electrons. The van der Waals surface area contributed by atoms with E-state index < -0.39 is 0 Å². The van der Waals surface area contributed by atoms with E-state index in [-0.39, 0.29) is 11.8 Å². The van der Waals surface area contributed by atoms with E-state index in [1.165, 1.54) is 5.56 Å². The van der Waals surface area contributed by atoms with Gasteiger partial charge >= 0.3 is 0 Å². The van der Waals surface area contributed by atoms with Gasteiger partial charge in [-0.3, -0.25) is 4.79 Å². The van der Waals surface area contributed by atoms with Crippen LogP contribution < -0.4 is 4.74 Å². The lowest BCUT2D eigenvalue weighted by molar-refractivity contribution is -0.133. The molecule has 1 aromatic heterocycles. The van der Waals surface area contributed by atoms with Gasteiger partial charge in [0.25, 0.3) is 0 Å². The lowest BCUT2D eigenvalue weighted by atomic mass is 9.94. The number of unbranched alkanes of at least 4 members (excludes halogenated alkanes) is 2. The van der Waals surface area contributed by atoms with Crippen molar-refractivity contribution in [2.24, 2.45) is 0 Å². The van der Waals surface area contributed by atoms with Crippen molar-refractivity contribution in [3.05, 3.63) is 89.7 Å². The van der Waals surface area contributed by atoms with Crippen molar-refractivity contribution >= 4 is 5.91 Å². The van der Waals surface area contributed by atoms with E-state index in [4.69, 9.17) is 4.74 Å². The van der Waals surface area contributed by atoms with Crippen molar-refractivity contribution in [2.45, 2.75) is 58.5 Å². The molecule has 0 saturated carbocycles. The molecule has 0 spiro atoms. The molecule has 0 N–H and O–H groups in total. The normalized spacial score (nSPS) is 11.8. The maximum atomic E-state index is 13.6. The Morgan fingerprint density at radius 1 is 1.00 bits per heavy atom. The minimum atomic E-state index is -0.0976. The van der Waals surface area contributed by atoms with Gasteiger partial charge in [0.2, 0.25) is 5.91 Å². The molecule has 4 nitrogen and oxygen atoms in total. The van der Waals surface area contributed by atoms with E-state index in [1.54, 1.807) is 7.11 Å². The molecule has 1 atom stereocenters. The van der Waals surface area contributed by atoms with Gasteiger partial charge in [0, 0.05) is 25.0 Å². The second-order valence-corrected chi connectivity index (χ2v) is 8.32. The zero-order chi connectivity index (χ0) is 22.8. The Bertz CT molecular complexity index is 964. The van der Waals surface area contributed by atoms with Gasteiger partial charge in [-0.25, -0.2) is 0 Å². The second kappa shape index (κ2) is 12.1. The molecule has 1 amide bonds. The number of aromatic nitrogens is 1. The molecular formula is C28H36N2O2. The van der Waals surface area contributed by atoms with Crippen molar-refractivity contribution in [3.8, 4) is 5.75 Å². The number of ether oxygens (including phenoxy) is 1. The average Bonchev–Trinajstić information content (AvgIpc) is 3.26. The van der Waals surface area contributed by atoms with Crippen LogP contribution in [0.3, 0.4) is 0 Å². The number of hydrogen-bond acceptors (Lipinski definition) is 2. The van der Waals surface area contributed by atoms with Crippen molar-refractivity contribution < 1.29 is 9.53 Å². The molecule has 3 rings (SSSR count). The molecule has 2 aromatic carbocycles. The lowest BCUT2D eigenvalue weighted by Crippen LogP contribution is -2.36. The summed E-state index contributed by atoms with van der Waals surface area (Å²) >= 11 is 0. The van der Waals surface area contributed by atoms with Crippen molar-refractivity contribution in [3.63, 3.8) is 0 Å². The van der Waals surface area contributed by atoms with Gasteiger partial charge in [-0.15, -0.1) is 0 Å². The molecule has 0 bridgehead atoms. The topological polar surface area (TPSA) is 34.5 Å². The molecule has 0 aliphatic carbocycles. The lowest BCUT2D eigenvalue weighted by Gasteiger charge is -2.28. The number of carbonyl (C=O) groups excluding carboxylic acids is 1. The molecule has 1 heterocycles. The number of methoxy groups -OCH3 is 1. The number of rotatable bonds is 12. The van der Waals surface area contributed by atoms with Crippen LogP contribution in [0.2, 0.25) is 0 Å². The Kier molecular flexibility index (Phi) is 8.97. The van der Waals surface area contributed by atoms with Gasteiger partial charge < -0.3 is 14.2 Å². The SMILES string of the molecule is CCCCCN(Cc1cccn1Cc1cccc(OC)c1)C(=O)[C@@H](CC)c1ccccc1. The van der Waals surface area contributed by atoms with Crippen molar-refractivity contribution in [1.29, 1.82) is 0 Å². The van der Waals surface area contributed by atoms with E-state index in [1.807, 2.05) is 30.3 Å². The first-order valence-corrected chi connectivity index (χ1v) is 11.8. The van der Waals surface area contributed by atoms with Gasteiger partial charge in [0.15, 0.2) is 0 Å². The van der Waals surface area contributed by atoms with Crippen molar-refractivity contribution in [1.82, 2.24) is 9.47 Å². The Labute approximate surface area is 192 Å². The van der Waals surface area contributed by atoms with E-state index >= 15 is 0 Å². The first-order valence-electron chi connectivity index (χ1n) is 11.8. The highest BCUT2D eigenvalue weighted by Gasteiger charge is 2.25. The molecule has 0 fully saturated rings. The Morgan fingerprint density at radius 3 is 2.53 bits per heavy atom. The number of carbonyl (C=O) groups is 1. The van der Waals surface area contributed by atoms with Crippen LogP contribution in [0.15, 0.2) is 72.9 Å². The monoisotopic (exact) mass is 432 g/mol. The summed E-state index contributed by atoms with van der Waals surface area (Å²) in [6, 6.07) is 22.5. The van der Waals surface area contributed by atoms with E-state index in [0.29, 0.717) is 6.54 Å². The fourth-order valence-corrected chi connectivity index (χ4v) is 4.19. The first kappa shape index (κ1) is 23.6. The highest BCUT2D eigenvalue weighted by Crippen LogP contribution is 2.24. The minimum absolute atomic E-state index is 0.0976. The Hall–Kier alpha value is -3.01. The number of hydrogen-bond donors (Lipinski definition) is 0. The third-order valence-corrected chi connectivity index (χ3v) is 6.02. The van der Waals surface area contributed by atoms with Crippen LogP contribution in [0, 0.1) is 0 Å². The standard InChI is InChI=1S/C28H36N2O2/c1-4-6-10-18-30(28(31)27(5-2)24-14-8-7-9-15-24)22-25-16-12-19-29(25)21-23-13-11-17-26(20-23)32-3/h7-9,11-17,19-20,27H,4-6,10,18,21-22H2,1-3H3/t27-/m0/s1. The maximum absolute atomic E-state index is 13.6. The molecule has 0 aliphatic rings. The maximum Gasteiger partial charge on any atom is 0.230 e. The number of amides is 1. The summed E-state index contributed by atoms with van der Waals surface area (Å²) in [7, 11) is 1.69. The molecule has 170 valence electrons. The van der Waals surface area contributed by atoms with Gasteiger partial charge in [-0.1, -0.05) is 69.2 Å². The van der Waals surface area contributed by atoms with Crippen molar-refractivity contribution in [2.75, 3.05) is 13.7 Å². The zero-order valence-electron chi connectivity index (χ0n) is 19.7. The van der Waals surface area contributed by atoms with Gasteiger partial charge in [-0.2, -0.15) is 0 Å².